The lowest BCUT2D eigenvalue weighted by Crippen LogP contribution is -2.40. The smallest absolute Gasteiger partial charge is 0.169 e. The number of rotatable bonds is 1. The van der Waals surface area contributed by atoms with Gasteiger partial charge in [0.1, 0.15) is 11.7 Å². The van der Waals surface area contributed by atoms with Crippen molar-refractivity contribution in [3.05, 3.63) is 30.1 Å². The topological polar surface area (TPSA) is 47.6 Å². The predicted octanol–water partition coefficient (Wildman–Crippen LogP) is 2.13. The third-order valence-electron chi connectivity index (χ3n) is 6.04. The van der Waals surface area contributed by atoms with E-state index in [1.54, 1.807) is 0 Å². The number of pyridine rings is 1. The number of fused-ring (bicyclic) bond motifs is 4. The van der Waals surface area contributed by atoms with Crippen LogP contribution in [0.5, 0.6) is 0 Å². The zero-order valence-electron chi connectivity index (χ0n) is 13.2. The number of nitrogens with zero attached hydrogens (tertiary/aromatic N) is 5. The molecule has 5 heterocycles. The number of hydrogen-bond donors (Lipinski definition) is 0. The van der Waals surface area contributed by atoms with Gasteiger partial charge in [-0.25, -0.2) is 4.98 Å². The van der Waals surface area contributed by atoms with Crippen LogP contribution in [0.2, 0.25) is 0 Å². The predicted molar refractivity (Wildman–Crippen MR) is 88.3 cm³/mol. The lowest BCUT2D eigenvalue weighted by molar-refractivity contribution is 0.173. The van der Waals surface area contributed by atoms with Crippen LogP contribution >= 0.6 is 0 Å². The maximum atomic E-state index is 9.61. The van der Waals surface area contributed by atoms with Gasteiger partial charge in [-0.15, -0.1) is 0 Å². The van der Waals surface area contributed by atoms with Crippen molar-refractivity contribution in [1.82, 2.24) is 14.3 Å². The molecule has 0 spiro atoms. The molecule has 118 valence electrons. The molecule has 3 saturated heterocycles. The molecule has 0 aliphatic carbocycles. The Hall–Kier alpha value is -2.06. The summed E-state index contributed by atoms with van der Waals surface area (Å²) in [5, 5.41) is 9.61. The van der Waals surface area contributed by atoms with Gasteiger partial charge in [0.15, 0.2) is 11.5 Å². The number of imidazole rings is 1. The summed E-state index contributed by atoms with van der Waals surface area (Å²) in [7, 11) is 0. The lowest BCUT2D eigenvalue weighted by atomic mass is 9.90. The van der Waals surface area contributed by atoms with Gasteiger partial charge >= 0.3 is 0 Å². The molecule has 3 atom stereocenters. The first-order chi connectivity index (χ1) is 11.3. The Bertz CT molecular complexity index is 788. The van der Waals surface area contributed by atoms with Crippen LogP contribution in [0, 0.1) is 23.2 Å². The summed E-state index contributed by atoms with van der Waals surface area (Å²) in [5.74, 6) is 2.39. The van der Waals surface area contributed by atoms with Crippen LogP contribution < -0.4 is 4.90 Å². The van der Waals surface area contributed by atoms with Gasteiger partial charge in [0.2, 0.25) is 0 Å². The molecular weight excluding hydrogens is 286 g/mol. The van der Waals surface area contributed by atoms with Crippen molar-refractivity contribution < 1.29 is 0 Å². The Labute approximate surface area is 136 Å². The number of piperidine rings is 1. The molecule has 0 bridgehead atoms. The van der Waals surface area contributed by atoms with Gasteiger partial charge < -0.3 is 4.90 Å². The average molecular weight is 307 g/mol. The highest BCUT2D eigenvalue weighted by molar-refractivity contribution is 5.61. The zero-order valence-corrected chi connectivity index (χ0v) is 13.2. The first kappa shape index (κ1) is 13.4. The first-order valence-electron chi connectivity index (χ1n) is 8.71. The Balaban J connectivity index is 1.48. The summed E-state index contributed by atoms with van der Waals surface area (Å²) < 4.78 is 1.91. The second-order valence-corrected chi connectivity index (χ2v) is 7.21. The van der Waals surface area contributed by atoms with Gasteiger partial charge in [-0.3, -0.25) is 9.30 Å². The van der Waals surface area contributed by atoms with Crippen LogP contribution in [0.4, 0.5) is 5.82 Å². The van der Waals surface area contributed by atoms with Crippen LogP contribution in [0.25, 0.3) is 5.65 Å². The van der Waals surface area contributed by atoms with E-state index < -0.39 is 0 Å². The zero-order chi connectivity index (χ0) is 15.4. The molecule has 0 radical (unpaired) electrons. The molecule has 5 rings (SSSR count). The van der Waals surface area contributed by atoms with Crippen molar-refractivity contribution in [2.24, 2.45) is 11.8 Å². The minimum atomic E-state index is 0.682. The Morgan fingerprint density at radius 2 is 2.13 bits per heavy atom. The van der Waals surface area contributed by atoms with E-state index in [2.05, 4.69) is 15.9 Å². The van der Waals surface area contributed by atoms with Crippen molar-refractivity contribution in [3.8, 4) is 6.07 Å². The van der Waals surface area contributed by atoms with Gasteiger partial charge in [-0.1, -0.05) is 12.5 Å². The highest BCUT2D eigenvalue weighted by Crippen LogP contribution is 2.42. The van der Waals surface area contributed by atoms with Crippen molar-refractivity contribution in [3.63, 3.8) is 0 Å². The molecule has 3 fully saturated rings. The normalized spacial score (nSPS) is 30.4. The van der Waals surface area contributed by atoms with Crippen molar-refractivity contribution in [2.75, 3.05) is 31.1 Å². The number of nitriles is 1. The largest absolute Gasteiger partial charge is 0.353 e. The molecule has 0 aromatic carbocycles. The second-order valence-electron chi connectivity index (χ2n) is 7.21. The molecule has 0 amide bonds. The minimum absolute atomic E-state index is 0.682. The Morgan fingerprint density at radius 3 is 3.04 bits per heavy atom. The van der Waals surface area contributed by atoms with Crippen LogP contribution in [0.15, 0.2) is 24.4 Å². The molecule has 23 heavy (non-hydrogen) atoms. The highest BCUT2D eigenvalue weighted by atomic mass is 15.3. The molecule has 0 N–H and O–H groups in total. The molecule has 5 nitrogen and oxygen atoms in total. The van der Waals surface area contributed by atoms with Gasteiger partial charge in [0.05, 0.1) is 0 Å². The summed E-state index contributed by atoms with van der Waals surface area (Å²) in [6.45, 7) is 4.64. The highest BCUT2D eigenvalue weighted by Gasteiger charge is 2.47. The fourth-order valence-electron chi connectivity index (χ4n) is 5.04. The van der Waals surface area contributed by atoms with E-state index in [-0.39, 0.29) is 0 Å². The number of hydrogen-bond acceptors (Lipinski definition) is 4. The standard InChI is InChI=1S/C18H21N5/c19-9-16-18(20-17-6-2-4-8-23(16)17)22-11-13-10-21-7-3-1-5-15(21)14(13)12-22/h2,4,6,8,13-15H,1,3,5,7,10-12H2/t13-,14-,15+/m0/s1. The lowest BCUT2D eigenvalue weighted by Gasteiger charge is -2.33. The van der Waals surface area contributed by atoms with Crippen LogP contribution in [0.1, 0.15) is 25.0 Å². The number of anilines is 1. The maximum absolute atomic E-state index is 9.61. The molecule has 5 heteroatoms. The Morgan fingerprint density at radius 1 is 1.17 bits per heavy atom. The molecule has 3 aliphatic rings. The number of aromatic nitrogens is 2. The van der Waals surface area contributed by atoms with Gasteiger partial charge in [-0.2, -0.15) is 5.26 Å². The van der Waals surface area contributed by atoms with E-state index in [4.69, 9.17) is 4.98 Å². The molecule has 3 aliphatic heterocycles. The van der Waals surface area contributed by atoms with Gasteiger partial charge in [0, 0.05) is 31.9 Å². The van der Waals surface area contributed by atoms with Crippen molar-refractivity contribution in [1.29, 1.82) is 5.26 Å². The summed E-state index contributed by atoms with van der Waals surface area (Å²) in [6, 6.07) is 9.04. The second kappa shape index (κ2) is 4.97. The third kappa shape index (κ3) is 1.91. The first-order valence-corrected chi connectivity index (χ1v) is 8.71. The monoisotopic (exact) mass is 307 g/mol. The van der Waals surface area contributed by atoms with Gasteiger partial charge in [-0.05, 0) is 43.4 Å². The summed E-state index contributed by atoms with van der Waals surface area (Å²) >= 11 is 0. The average Bonchev–Trinajstić information content (AvgIpc) is 3.24. The summed E-state index contributed by atoms with van der Waals surface area (Å²) in [6.07, 6.45) is 6.03. The van der Waals surface area contributed by atoms with E-state index in [1.807, 2.05) is 28.8 Å². The fraction of sp³-hybridized carbons (Fsp3) is 0.556. The van der Waals surface area contributed by atoms with Crippen molar-refractivity contribution in [2.45, 2.75) is 25.3 Å². The van der Waals surface area contributed by atoms with Crippen LogP contribution in [-0.4, -0.2) is 46.5 Å². The summed E-state index contributed by atoms with van der Waals surface area (Å²) in [4.78, 5) is 9.83. The molecule has 0 unspecified atom stereocenters. The Kier molecular flexibility index (Phi) is 2.89. The van der Waals surface area contributed by atoms with E-state index in [1.165, 1.54) is 32.4 Å². The van der Waals surface area contributed by atoms with Crippen LogP contribution in [0.3, 0.4) is 0 Å². The molecular formula is C18H21N5. The fourth-order valence-corrected chi connectivity index (χ4v) is 5.04. The van der Waals surface area contributed by atoms with Crippen molar-refractivity contribution >= 4 is 11.5 Å². The van der Waals surface area contributed by atoms with E-state index >= 15 is 0 Å². The van der Waals surface area contributed by atoms with E-state index in [0.29, 0.717) is 5.69 Å². The maximum Gasteiger partial charge on any atom is 0.169 e. The van der Waals surface area contributed by atoms with Gasteiger partial charge in [0.25, 0.3) is 0 Å². The molecule has 2 aromatic rings. The van der Waals surface area contributed by atoms with Crippen LogP contribution in [-0.2, 0) is 0 Å². The SMILES string of the molecule is N#Cc1c(N2C[C@@H]3CN4CCCC[C@@H]4[C@H]3C2)nc2ccccn12. The third-order valence-corrected chi connectivity index (χ3v) is 6.04. The summed E-state index contributed by atoms with van der Waals surface area (Å²) in [5.41, 5.74) is 1.55. The molecule has 2 aromatic heterocycles. The quantitative estimate of drug-likeness (QED) is 0.810. The van der Waals surface area contributed by atoms with E-state index in [0.717, 1.165) is 42.4 Å². The minimum Gasteiger partial charge on any atom is -0.353 e. The molecule has 0 saturated carbocycles. The van der Waals surface area contributed by atoms with E-state index in [9.17, 15) is 5.26 Å².